The van der Waals surface area contributed by atoms with E-state index in [-0.39, 0.29) is 16.8 Å². The van der Waals surface area contributed by atoms with E-state index < -0.39 is 10.0 Å². The molecule has 0 aromatic heterocycles. The summed E-state index contributed by atoms with van der Waals surface area (Å²) in [6, 6.07) is 25.1. The highest BCUT2D eigenvalue weighted by atomic mass is 32.2. The van der Waals surface area contributed by atoms with Crippen LogP contribution in [0.15, 0.2) is 83.8 Å². The molecule has 0 spiro atoms. The Balaban J connectivity index is 1.93. The second-order valence-corrected chi connectivity index (χ2v) is 10.5. The van der Waals surface area contributed by atoms with Crippen LogP contribution in [0.1, 0.15) is 36.6 Å². The lowest BCUT2D eigenvalue weighted by Gasteiger charge is -2.30. The molecule has 1 amide bonds. The average molecular weight is 466 g/mol. The lowest BCUT2D eigenvalue weighted by atomic mass is 10.0. The van der Waals surface area contributed by atoms with Gasteiger partial charge < -0.3 is 5.32 Å². The fourth-order valence-electron chi connectivity index (χ4n) is 3.69. The number of amides is 1. The Hall–Kier alpha value is -3.00. The van der Waals surface area contributed by atoms with Gasteiger partial charge in [-0.1, -0.05) is 54.6 Å². The molecule has 0 unspecified atom stereocenters. The number of sulfonamides is 1. The lowest BCUT2D eigenvalue weighted by molar-refractivity contribution is -0.114. The SMILES string of the molecule is CC(=O)Nc1cccc([C@@H](C)N(Cc2ccccc2)Cc2cccc(S(=O)(=O)N(C)C)c2)c1. The molecule has 0 aliphatic heterocycles. The average Bonchev–Trinajstić information content (AvgIpc) is 2.78. The van der Waals surface area contributed by atoms with E-state index in [9.17, 15) is 13.2 Å². The van der Waals surface area contributed by atoms with Gasteiger partial charge in [0, 0.05) is 45.8 Å². The molecule has 0 saturated carbocycles. The predicted octanol–water partition coefficient (Wildman–Crippen LogP) is 4.66. The van der Waals surface area contributed by atoms with E-state index in [1.165, 1.54) is 30.9 Å². The van der Waals surface area contributed by atoms with Crippen LogP contribution >= 0.6 is 0 Å². The van der Waals surface area contributed by atoms with Crippen molar-refractivity contribution < 1.29 is 13.2 Å². The third-order valence-corrected chi connectivity index (χ3v) is 7.34. The number of carbonyl (C=O) groups is 1. The standard InChI is InChI=1S/C26H31N3O3S/c1-20(24-13-9-14-25(17-24)27-21(2)30)29(18-22-10-6-5-7-11-22)19-23-12-8-15-26(16-23)33(31,32)28(3)4/h5-17,20H,18-19H2,1-4H3,(H,27,30)/t20-/m1/s1. The highest BCUT2D eigenvalue weighted by Gasteiger charge is 2.20. The number of carbonyl (C=O) groups excluding carboxylic acids is 1. The Kier molecular flexibility index (Phi) is 8.02. The second-order valence-electron chi connectivity index (χ2n) is 8.31. The molecule has 3 rings (SSSR count). The molecule has 6 nitrogen and oxygen atoms in total. The maximum Gasteiger partial charge on any atom is 0.242 e. The molecule has 0 saturated heterocycles. The zero-order valence-electron chi connectivity index (χ0n) is 19.5. The van der Waals surface area contributed by atoms with Gasteiger partial charge in [-0.15, -0.1) is 0 Å². The maximum absolute atomic E-state index is 12.6. The topological polar surface area (TPSA) is 69.7 Å². The lowest BCUT2D eigenvalue weighted by Crippen LogP contribution is -2.27. The van der Waals surface area contributed by atoms with Crippen LogP contribution in [-0.2, 0) is 27.9 Å². The molecule has 0 heterocycles. The van der Waals surface area contributed by atoms with Crippen LogP contribution in [0, 0.1) is 0 Å². The van der Waals surface area contributed by atoms with Crippen LogP contribution in [0.25, 0.3) is 0 Å². The molecular formula is C26H31N3O3S. The van der Waals surface area contributed by atoms with E-state index in [2.05, 4.69) is 29.3 Å². The summed E-state index contributed by atoms with van der Waals surface area (Å²) < 4.78 is 26.5. The first-order valence-corrected chi connectivity index (χ1v) is 12.3. The molecular weight excluding hydrogens is 434 g/mol. The van der Waals surface area contributed by atoms with E-state index in [4.69, 9.17) is 0 Å². The second kappa shape index (κ2) is 10.7. The molecule has 3 aromatic rings. The van der Waals surface area contributed by atoms with Gasteiger partial charge in [-0.25, -0.2) is 12.7 Å². The van der Waals surface area contributed by atoms with E-state index in [1.807, 2.05) is 48.5 Å². The fourth-order valence-corrected chi connectivity index (χ4v) is 4.66. The predicted molar refractivity (Wildman–Crippen MR) is 132 cm³/mol. The summed E-state index contributed by atoms with van der Waals surface area (Å²) in [5, 5.41) is 2.84. The van der Waals surface area contributed by atoms with Crippen molar-refractivity contribution >= 4 is 21.6 Å². The summed E-state index contributed by atoms with van der Waals surface area (Å²) in [7, 11) is -0.438. The summed E-state index contributed by atoms with van der Waals surface area (Å²) in [5.41, 5.74) is 3.90. The summed E-state index contributed by atoms with van der Waals surface area (Å²) >= 11 is 0. The van der Waals surface area contributed by atoms with Crippen molar-refractivity contribution in [1.29, 1.82) is 0 Å². The molecule has 0 aliphatic carbocycles. The van der Waals surface area contributed by atoms with Gasteiger partial charge in [0.1, 0.15) is 0 Å². The van der Waals surface area contributed by atoms with E-state index in [0.29, 0.717) is 13.1 Å². The van der Waals surface area contributed by atoms with Crippen LogP contribution in [0.3, 0.4) is 0 Å². The molecule has 1 atom stereocenters. The molecule has 174 valence electrons. The third-order valence-electron chi connectivity index (χ3n) is 5.53. The monoisotopic (exact) mass is 465 g/mol. The number of hydrogen-bond acceptors (Lipinski definition) is 4. The fraction of sp³-hybridized carbons (Fsp3) is 0.269. The zero-order valence-corrected chi connectivity index (χ0v) is 20.3. The molecule has 0 fully saturated rings. The van der Waals surface area contributed by atoms with Crippen LogP contribution < -0.4 is 5.32 Å². The quantitative estimate of drug-likeness (QED) is 0.499. The number of rotatable bonds is 9. The molecule has 3 aromatic carbocycles. The Morgan fingerprint density at radius 1 is 0.879 bits per heavy atom. The number of hydrogen-bond donors (Lipinski definition) is 1. The summed E-state index contributed by atoms with van der Waals surface area (Å²) in [4.78, 5) is 14.1. The van der Waals surface area contributed by atoms with Crippen molar-refractivity contribution in [3.63, 3.8) is 0 Å². The minimum absolute atomic E-state index is 0.0213. The Bertz CT molecular complexity index is 1190. The third kappa shape index (κ3) is 6.51. The van der Waals surface area contributed by atoms with Crippen LogP contribution in [0.5, 0.6) is 0 Å². The van der Waals surface area contributed by atoms with Gasteiger partial charge >= 0.3 is 0 Å². The molecule has 33 heavy (non-hydrogen) atoms. The Morgan fingerprint density at radius 2 is 1.52 bits per heavy atom. The number of nitrogens with one attached hydrogen (secondary N) is 1. The minimum Gasteiger partial charge on any atom is -0.326 e. The van der Waals surface area contributed by atoms with Gasteiger partial charge in [0.2, 0.25) is 15.9 Å². The van der Waals surface area contributed by atoms with Gasteiger partial charge in [-0.3, -0.25) is 9.69 Å². The largest absolute Gasteiger partial charge is 0.326 e. The van der Waals surface area contributed by atoms with Crippen molar-refractivity contribution in [3.05, 3.63) is 95.6 Å². The smallest absolute Gasteiger partial charge is 0.242 e. The molecule has 0 radical (unpaired) electrons. The van der Waals surface area contributed by atoms with Crippen molar-refractivity contribution in [2.45, 2.75) is 37.9 Å². The van der Waals surface area contributed by atoms with Gasteiger partial charge in [-0.2, -0.15) is 0 Å². The van der Waals surface area contributed by atoms with E-state index in [1.54, 1.807) is 18.2 Å². The Morgan fingerprint density at radius 3 is 2.18 bits per heavy atom. The van der Waals surface area contributed by atoms with Crippen LogP contribution in [0.2, 0.25) is 0 Å². The minimum atomic E-state index is -3.51. The first-order valence-electron chi connectivity index (χ1n) is 10.8. The van der Waals surface area contributed by atoms with Gasteiger partial charge in [0.15, 0.2) is 0 Å². The number of nitrogens with zero attached hydrogens (tertiary/aromatic N) is 2. The first kappa shape index (κ1) is 24.6. The zero-order chi connectivity index (χ0) is 24.0. The summed E-state index contributed by atoms with van der Waals surface area (Å²) in [5.74, 6) is -0.111. The Labute approximate surface area is 196 Å². The van der Waals surface area contributed by atoms with Crippen LogP contribution in [0.4, 0.5) is 5.69 Å². The number of anilines is 1. The van der Waals surface area contributed by atoms with Crippen molar-refractivity contribution in [1.82, 2.24) is 9.21 Å². The highest BCUT2D eigenvalue weighted by molar-refractivity contribution is 7.89. The van der Waals surface area contributed by atoms with E-state index in [0.717, 1.165) is 16.8 Å². The summed E-state index contributed by atoms with van der Waals surface area (Å²) in [6.07, 6.45) is 0. The van der Waals surface area contributed by atoms with Crippen molar-refractivity contribution in [2.75, 3.05) is 19.4 Å². The maximum atomic E-state index is 12.6. The van der Waals surface area contributed by atoms with Crippen molar-refractivity contribution in [3.8, 4) is 0 Å². The molecule has 7 heteroatoms. The van der Waals surface area contributed by atoms with E-state index >= 15 is 0 Å². The normalized spacial score (nSPS) is 12.7. The molecule has 0 bridgehead atoms. The van der Waals surface area contributed by atoms with Gasteiger partial charge in [-0.05, 0) is 47.9 Å². The summed E-state index contributed by atoms with van der Waals surface area (Å²) in [6.45, 7) is 4.87. The van der Waals surface area contributed by atoms with Gasteiger partial charge in [0.05, 0.1) is 4.90 Å². The van der Waals surface area contributed by atoms with Gasteiger partial charge in [0.25, 0.3) is 0 Å². The van der Waals surface area contributed by atoms with Crippen molar-refractivity contribution in [2.24, 2.45) is 0 Å². The first-order chi connectivity index (χ1) is 15.7. The number of benzene rings is 3. The molecule has 1 N–H and O–H groups in total. The van der Waals surface area contributed by atoms with Crippen LogP contribution in [-0.4, -0.2) is 37.6 Å². The molecule has 0 aliphatic rings. The highest BCUT2D eigenvalue weighted by Crippen LogP contribution is 2.27.